The number of nitrogens with one attached hydrogen (secondary N) is 3. The molecule has 1 aromatic carbocycles. The summed E-state index contributed by atoms with van der Waals surface area (Å²) in [7, 11) is 1.63. The van der Waals surface area contributed by atoms with Crippen molar-refractivity contribution in [1.29, 1.82) is 0 Å². The van der Waals surface area contributed by atoms with E-state index in [1.165, 1.54) is 36.5 Å². The number of allylic oxidation sites excluding steroid dienone is 1. The van der Waals surface area contributed by atoms with E-state index in [4.69, 9.17) is 0 Å². The van der Waals surface area contributed by atoms with Crippen molar-refractivity contribution in [3.05, 3.63) is 41.7 Å². The van der Waals surface area contributed by atoms with Crippen molar-refractivity contribution >= 4 is 48.2 Å². The second-order valence-corrected chi connectivity index (χ2v) is 8.61. The van der Waals surface area contributed by atoms with E-state index < -0.39 is 23.7 Å². The van der Waals surface area contributed by atoms with Crippen LogP contribution in [-0.4, -0.2) is 61.0 Å². The molecule has 0 fully saturated rings. The number of likely N-dealkylation sites (N-methyl/N-ethyl adjacent to an activating group) is 1. The number of anilines is 1. The highest BCUT2D eigenvalue weighted by atomic mass is 32.1. The minimum atomic E-state index is -0.891. The van der Waals surface area contributed by atoms with Gasteiger partial charge < -0.3 is 20.9 Å². The molecule has 4 amide bonds. The summed E-state index contributed by atoms with van der Waals surface area (Å²) >= 11 is 4.01. The molecule has 0 saturated heterocycles. The molecule has 3 N–H and O–H groups in total. The Balaban J connectivity index is 0. The predicted molar refractivity (Wildman–Crippen MR) is 157 cm³/mol. The van der Waals surface area contributed by atoms with Gasteiger partial charge in [-0.25, -0.2) is 4.39 Å². The molecule has 0 radical (unpaired) electrons. The van der Waals surface area contributed by atoms with Crippen molar-refractivity contribution in [3.8, 4) is 0 Å². The van der Waals surface area contributed by atoms with Gasteiger partial charge in [0.15, 0.2) is 0 Å². The molecule has 0 aromatic heterocycles. The smallest absolute Gasteiger partial charge is 0.246 e. The average Bonchev–Trinajstić information content (AvgIpc) is 2.91. The maximum atomic E-state index is 13.8. The number of aldehydes is 1. The Kier molecular flexibility index (Phi) is 23.2. The van der Waals surface area contributed by atoms with Crippen LogP contribution in [0.25, 0.3) is 0 Å². The second-order valence-electron chi connectivity index (χ2n) is 8.29. The Labute approximate surface area is 237 Å². The highest BCUT2D eigenvalue weighted by Gasteiger charge is 2.17. The Morgan fingerprint density at radius 3 is 2.28 bits per heavy atom. The van der Waals surface area contributed by atoms with Gasteiger partial charge >= 0.3 is 0 Å². The van der Waals surface area contributed by atoms with E-state index >= 15 is 0 Å². The number of rotatable bonds is 14. The fraction of sp³-hybridized carbons (Fsp3) is 0.536. The van der Waals surface area contributed by atoms with Gasteiger partial charge in [-0.3, -0.25) is 24.0 Å². The molecule has 0 heterocycles. The van der Waals surface area contributed by atoms with E-state index in [1.54, 1.807) is 13.1 Å². The van der Waals surface area contributed by atoms with Crippen molar-refractivity contribution in [2.75, 3.05) is 25.5 Å². The molecular formula is C28H45FN4O5S. The fourth-order valence-corrected chi connectivity index (χ4v) is 3.06. The van der Waals surface area contributed by atoms with Crippen LogP contribution in [0.3, 0.4) is 0 Å². The zero-order valence-corrected chi connectivity index (χ0v) is 24.9. The molecule has 0 aliphatic rings. The summed E-state index contributed by atoms with van der Waals surface area (Å²) in [6, 6.07) is 3.35. The zero-order valence-electron chi connectivity index (χ0n) is 24.0. The van der Waals surface area contributed by atoms with Crippen molar-refractivity contribution in [2.45, 2.75) is 78.5 Å². The van der Waals surface area contributed by atoms with Crippen molar-refractivity contribution in [2.24, 2.45) is 0 Å². The van der Waals surface area contributed by atoms with Crippen molar-refractivity contribution in [1.82, 2.24) is 15.5 Å². The fourth-order valence-electron chi connectivity index (χ4n) is 2.80. The number of carbonyl (C=O) groups excluding carboxylic acids is 5. The van der Waals surface area contributed by atoms with Gasteiger partial charge in [0, 0.05) is 37.5 Å². The number of unbranched alkanes of at least 4 members (excludes halogenated alkanes) is 2. The molecular weight excluding hydrogens is 523 g/mol. The van der Waals surface area contributed by atoms with Gasteiger partial charge in [0.25, 0.3) is 0 Å². The molecule has 1 aromatic rings. The van der Waals surface area contributed by atoms with Gasteiger partial charge in [0.2, 0.25) is 23.6 Å². The molecule has 0 aliphatic carbocycles. The second kappa shape index (κ2) is 23.9. The summed E-state index contributed by atoms with van der Waals surface area (Å²) in [5.41, 5.74) is 0.666. The van der Waals surface area contributed by atoms with E-state index in [1.807, 2.05) is 13.8 Å². The summed E-state index contributed by atoms with van der Waals surface area (Å²) < 4.78 is 13.8. The molecule has 39 heavy (non-hydrogen) atoms. The van der Waals surface area contributed by atoms with Crippen LogP contribution >= 0.6 is 12.6 Å². The van der Waals surface area contributed by atoms with Gasteiger partial charge in [0.05, 0.1) is 6.54 Å². The van der Waals surface area contributed by atoms with Gasteiger partial charge in [-0.05, 0) is 43.5 Å². The van der Waals surface area contributed by atoms with E-state index in [-0.39, 0.29) is 36.2 Å². The Morgan fingerprint density at radius 1 is 1.08 bits per heavy atom. The number of halogens is 1. The van der Waals surface area contributed by atoms with Gasteiger partial charge in [-0.15, -0.1) is 0 Å². The molecule has 9 nitrogen and oxygen atoms in total. The number of hydrogen-bond acceptors (Lipinski definition) is 6. The highest BCUT2D eigenvalue weighted by molar-refractivity contribution is 7.79. The number of hydrogen-bond donors (Lipinski definition) is 4. The SMILES string of the molecule is CC.CC(NC(=O)CNC(=O)CCCCCN(C)C(=O)/C=C\C=O)C(=O)Nc1ccc(CS)c(F)c1.CCC. The minimum Gasteiger partial charge on any atom is -0.347 e. The van der Waals surface area contributed by atoms with Crippen molar-refractivity contribution in [3.63, 3.8) is 0 Å². The molecule has 220 valence electrons. The molecule has 0 bridgehead atoms. The molecule has 0 spiro atoms. The van der Waals surface area contributed by atoms with Crippen LogP contribution in [0.1, 0.15) is 72.3 Å². The third-order valence-electron chi connectivity index (χ3n) is 4.80. The highest BCUT2D eigenvalue weighted by Crippen LogP contribution is 2.16. The zero-order chi connectivity index (χ0) is 30.2. The van der Waals surface area contributed by atoms with E-state index in [0.29, 0.717) is 37.7 Å². The summed E-state index contributed by atoms with van der Waals surface area (Å²) in [6.45, 7) is 9.95. The molecule has 1 atom stereocenters. The maximum absolute atomic E-state index is 13.8. The first kappa shape index (κ1) is 37.9. The van der Waals surface area contributed by atoms with Gasteiger partial charge in [-0.1, -0.05) is 46.6 Å². The normalized spacial score (nSPS) is 10.7. The lowest BCUT2D eigenvalue weighted by Crippen LogP contribution is -2.45. The standard InChI is InChI=1S/C23H31FN4O5S.C3H8.C2H6/c1-16(23(33)27-18-10-9-17(15-34)19(24)13-18)26-21(31)14-25-20(30)7-4-3-5-11-28(2)22(32)8-6-12-29;1-3-2;1-2/h6,8-10,12-13,16,34H,3-5,7,11,14-15H2,1-2H3,(H,25,30)(H,26,31)(H,27,33);3H2,1-2H3;1-2H3/b8-6-;;. The van der Waals surface area contributed by atoms with E-state index in [0.717, 1.165) is 6.08 Å². The van der Waals surface area contributed by atoms with E-state index in [9.17, 15) is 28.4 Å². The number of benzene rings is 1. The summed E-state index contributed by atoms with van der Waals surface area (Å²) in [5.74, 6) is -1.88. The summed E-state index contributed by atoms with van der Waals surface area (Å²) in [6.07, 6.45) is 6.32. The predicted octanol–water partition coefficient (Wildman–Crippen LogP) is 4.03. The summed E-state index contributed by atoms with van der Waals surface area (Å²) in [4.78, 5) is 59.4. The van der Waals surface area contributed by atoms with Crippen LogP contribution in [0.4, 0.5) is 10.1 Å². The lowest BCUT2D eigenvalue weighted by atomic mass is 10.2. The van der Waals surface area contributed by atoms with Crippen LogP contribution in [0.2, 0.25) is 0 Å². The lowest BCUT2D eigenvalue weighted by Gasteiger charge is -2.15. The Bertz CT molecular complexity index is 927. The minimum absolute atomic E-state index is 0.222. The molecule has 0 aliphatic heterocycles. The number of carbonyl (C=O) groups is 5. The third-order valence-corrected chi connectivity index (χ3v) is 5.14. The maximum Gasteiger partial charge on any atom is 0.246 e. The average molecular weight is 569 g/mol. The van der Waals surface area contributed by atoms with Gasteiger partial charge in [-0.2, -0.15) is 12.6 Å². The largest absolute Gasteiger partial charge is 0.347 e. The quantitative estimate of drug-likeness (QED) is 0.117. The number of thiol groups is 1. The lowest BCUT2D eigenvalue weighted by molar-refractivity contribution is -0.128. The number of nitrogens with zero attached hydrogens (tertiary/aromatic N) is 1. The monoisotopic (exact) mass is 568 g/mol. The summed E-state index contributed by atoms with van der Waals surface area (Å²) in [5, 5.41) is 7.48. The molecule has 0 saturated carbocycles. The van der Waals surface area contributed by atoms with Crippen LogP contribution in [0.15, 0.2) is 30.4 Å². The number of amides is 4. The Morgan fingerprint density at radius 2 is 1.72 bits per heavy atom. The molecule has 11 heteroatoms. The third kappa shape index (κ3) is 18.6. The Hall–Kier alpha value is -3.21. The van der Waals surface area contributed by atoms with Crippen LogP contribution in [0, 0.1) is 5.82 Å². The van der Waals surface area contributed by atoms with Crippen LogP contribution in [-0.2, 0) is 29.7 Å². The molecule has 1 unspecified atom stereocenters. The van der Waals surface area contributed by atoms with Crippen molar-refractivity contribution < 1.29 is 28.4 Å². The first-order valence-corrected chi connectivity index (χ1v) is 13.9. The first-order chi connectivity index (χ1) is 18.6. The topological polar surface area (TPSA) is 125 Å². The molecule has 1 rings (SSSR count). The van der Waals surface area contributed by atoms with E-state index in [2.05, 4.69) is 42.4 Å². The van der Waals surface area contributed by atoms with Crippen LogP contribution < -0.4 is 16.0 Å². The van der Waals surface area contributed by atoms with Gasteiger partial charge in [0.1, 0.15) is 18.1 Å². The van der Waals surface area contributed by atoms with Crippen LogP contribution in [0.5, 0.6) is 0 Å². The first-order valence-electron chi connectivity index (χ1n) is 13.2.